The van der Waals surface area contributed by atoms with Crippen molar-refractivity contribution in [3.63, 3.8) is 0 Å². The van der Waals surface area contributed by atoms with Gasteiger partial charge in [-0.3, -0.25) is 4.79 Å². The van der Waals surface area contributed by atoms with Crippen LogP contribution in [0.5, 0.6) is 0 Å². The SMILES string of the molecule is CCc1ccc([C@@]2(O)CC(C(F)(F)F)=NN2C(=O)c2ccccc2F)cc1. The number of amides is 1. The van der Waals surface area contributed by atoms with Gasteiger partial charge in [0.25, 0.3) is 5.91 Å². The highest BCUT2D eigenvalue weighted by molar-refractivity contribution is 6.00. The zero-order valence-corrected chi connectivity index (χ0v) is 14.3. The summed E-state index contributed by atoms with van der Waals surface area (Å²) < 4.78 is 53.6. The Balaban J connectivity index is 2.08. The van der Waals surface area contributed by atoms with Crippen LogP contribution in [0.4, 0.5) is 17.6 Å². The molecule has 0 saturated carbocycles. The molecule has 27 heavy (non-hydrogen) atoms. The second-order valence-corrected chi connectivity index (χ2v) is 6.19. The molecule has 142 valence electrons. The van der Waals surface area contributed by atoms with Gasteiger partial charge in [0.1, 0.15) is 11.5 Å². The number of halogens is 4. The van der Waals surface area contributed by atoms with Gasteiger partial charge in [-0.05, 0) is 24.1 Å². The first-order valence-corrected chi connectivity index (χ1v) is 8.22. The first kappa shape index (κ1) is 19.0. The van der Waals surface area contributed by atoms with Gasteiger partial charge in [0, 0.05) is 5.56 Å². The number of hydrogen-bond acceptors (Lipinski definition) is 3. The van der Waals surface area contributed by atoms with Crippen LogP contribution in [0.2, 0.25) is 0 Å². The predicted octanol–water partition coefficient (Wildman–Crippen LogP) is 4.00. The Kier molecular flexibility index (Phi) is 4.77. The Labute approximate surface area is 152 Å². The van der Waals surface area contributed by atoms with Gasteiger partial charge in [0.15, 0.2) is 5.72 Å². The molecule has 0 spiro atoms. The average Bonchev–Trinajstić information content (AvgIpc) is 3.01. The standard InChI is InChI=1S/C19H16F4N2O2/c1-2-12-7-9-13(10-8-12)18(27)11-16(19(21,22)23)24-25(18)17(26)14-5-3-4-6-15(14)20/h3-10,27H,2,11H2,1H3/t18-/m0/s1. The summed E-state index contributed by atoms with van der Waals surface area (Å²) in [4.78, 5) is 12.7. The molecule has 1 amide bonds. The fraction of sp³-hybridized carbons (Fsp3) is 0.263. The van der Waals surface area contributed by atoms with Gasteiger partial charge in [0.05, 0.1) is 12.0 Å². The lowest BCUT2D eigenvalue weighted by Gasteiger charge is -2.31. The molecule has 0 saturated heterocycles. The summed E-state index contributed by atoms with van der Waals surface area (Å²) in [7, 11) is 0. The molecule has 0 radical (unpaired) electrons. The van der Waals surface area contributed by atoms with Crippen LogP contribution in [-0.4, -0.2) is 27.9 Å². The number of nitrogens with zero attached hydrogens (tertiary/aromatic N) is 2. The molecule has 8 heteroatoms. The molecule has 0 unspecified atom stereocenters. The van der Waals surface area contributed by atoms with Gasteiger partial charge in [-0.25, -0.2) is 4.39 Å². The second-order valence-electron chi connectivity index (χ2n) is 6.19. The normalized spacial score (nSPS) is 19.9. The minimum atomic E-state index is -4.83. The number of carbonyl (C=O) groups is 1. The number of alkyl halides is 3. The van der Waals surface area contributed by atoms with E-state index < -0.39 is 41.3 Å². The molecule has 4 nitrogen and oxygen atoms in total. The molecular weight excluding hydrogens is 364 g/mol. The quantitative estimate of drug-likeness (QED) is 0.819. The highest BCUT2D eigenvalue weighted by Crippen LogP contribution is 2.40. The van der Waals surface area contributed by atoms with Crippen molar-refractivity contribution in [2.45, 2.75) is 31.7 Å². The van der Waals surface area contributed by atoms with Crippen molar-refractivity contribution in [1.29, 1.82) is 0 Å². The van der Waals surface area contributed by atoms with E-state index in [1.165, 1.54) is 24.3 Å². The van der Waals surface area contributed by atoms with Gasteiger partial charge in [-0.1, -0.05) is 43.3 Å². The highest BCUT2D eigenvalue weighted by atomic mass is 19.4. The second kappa shape index (κ2) is 6.77. The predicted molar refractivity (Wildman–Crippen MR) is 90.4 cm³/mol. The van der Waals surface area contributed by atoms with Crippen molar-refractivity contribution in [1.82, 2.24) is 5.01 Å². The maximum atomic E-state index is 14.0. The zero-order valence-electron chi connectivity index (χ0n) is 14.3. The van der Waals surface area contributed by atoms with Crippen molar-refractivity contribution in [2.75, 3.05) is 0 Å². The van der Waals surface area contributed by atoms with Gasteiger partial charge < -0.3 is 5.11 Å². The molecular formula is C19H16F4N2O2. The number of aryl methyl sites for hydroxylation is 1. The number of benzene rings is 2. The van der Waals surface area contributed by atoms with Crippen molar-refractivity contribution >= 4 is 11.6 Å². The van der Waals surface area contributed by atoms with Crippen LogP contribution >= 0.6 is 0 Å². The smallest absolute Gasteiger partial charge is 0.365 e. The van der Waals surface area contributed by atoms with E-state index in [9.17, 15) is 27.5 Å². The molecule has 3 rings (SSSR count). The molecule has 0 fully saturated rings. The van der Waals surface area contributed by atoms with Gasteiger partial charge in [-0.15, -0.1) is 0 Å². The molecule has 0 aromatic heterocycles. The highest BCUT2D eigenvalue weighted by Gasteiger charge is 2.53. The fourth-order valence-corrected chi connectivity index (χ4v) is 2.90. The van der Waals surface area contributed by atoms with Crippen LogP contribution in [0, 0.1) is 5.82 Å². The summed E-state index contributed by atoms with van der Waals surface area (Å²) >= 11 is 0. The lowest BCUT2D eigenvalue weighted by Crippen LogP contribution is -2.44. The van der Waals surface area contributed by atoms with E-state index in [1.807, 2.05) is 6.92 Å². The topological polar surface area (TPSA) is 52.9 Å². The summed E-state index contributed by atoms with van der Waals surface area (Å²) in [6.45, 7) is 1.90. The minimum absolute atomic E-state index is 0.0624. The number of rotatable bonds is 3. The Morgan fingerprint density at radius 1 is 1.19 bits per heavy atom. The number of carbonyl (C=O) groups excluding carboxylic acids is 1. The van der Waals surface area contributed by atoms with E-state index in [-0.39, 0.29) is 5.56 Å². The minimum Gasteiger partial charge on any atom is -0.365 e. The number of aliphatic hydroxyl groups is 1. The molecule has 1 heterocycles. The summed E-state index contributed by atoms with van der Waals surface area (Å²) in [5, 5.41) is 14.6. The monoisotopic (exact) mass is 380 g/mol. The molecule has 1 atom stereocenters. The Hall–Kier alpha value is -2.74. The van der Waals surface area contributed by atoms with Gasteiger partial charge in [-0.2, -0.15) is 23.3 Å². The molecule has 0 aliphatic carbocycles. The van der Waals surface area contributed by atoms with Gasteiger partial charge in [0.2, 0.25) is 0 Å². The lowest BCUT2D eigenvalue weighted by atomic mass is 9.95. The molecule has 2 aromatic rings. The summed E-state index contributed by atoms with van der Waals surface area (Å²) in [6, 6.07) is 11.0. The third-order valence-corrected chi connectivity index (χ3v) is 4.43. The van der Waals surface area contributed by atoms with Crippen LogP contribution in [0.15, 0.2) is 53.6 Å². The summed E-state index contributed by atoms with van der Waals surface area (Å²) in [6.07, 6.45) is -5.08. The van der Waals surface area contributed by atoms with Crippen molar-refractivity contribution in [2.24, 2.45) is 5.10 Å². The third-order valence-electron chi connectivity index (χ3n) is 4.43. The van der Waals surface area contributed by atoms with E-state index in [1.54, 1.807) is 12.1 Å². The van der Waals surface area contributed by atoms with Crippen LogP contribution in [0.25, 0.3) is 0 Å². The van der Waals surface area contributed by atoms with E-state index >= 15 is 0 Å². The first-order chi connectivity index (χ1) is 12.7. The molecule has 1 N–H and O–H groups in total. The first-order valence-electron chi connectivity index (χ1n) is 8.22. The third kappa shape index (κ3) is 3.44. The Morgan fingerprint density at radius 2 is 1.81 bits per heavy atom. The lowest BCUT2D eigenvalue weighted by molar-refractivity contribution is -0.0817. The van der Waals surface area contributed by atoms with Crippen LogP contribution in [-0.2, 0) is 12.1 Å². The average molecular weight is 380 g/mol. The van der Waals surface area contributed by atoms with E-state index in [2.05, 4.69) is 5.10 Å². The fourth-order valence-electron chi connectivity index (χ4n) is 2.90. The van der Waals surface area contributed by atoms with E-state index in [0.717, 1.165) is 17.7 Å². The van der Waals surface area contributed by atoms with Gasteiger partial charge >= 0.3 is 6.18 Å². The van der Waals surface area contributed by atoms with Crippen LogP contribution in [0.1, 0.15) is 34.8 Å². The van der Waals surface area contributed by atoms with Crippen molar-refractivity contribution in [3.05, 3.63) is 71.0 Å². The molecule has 1 aliphatic rings. The Bertz CT molecular complexity index is 893. The van der Waals surface area contributed by atoms with Crippen LogP contribution in [0.3, 0.4) is 0 Å². The molecule has 0 bridgehead atoms. The van der Waals surface area contributed by atoms with Crippen molar-refractivity contribution < 1.29 is 27.5 Å². The number of hydrazone groups is 1. The molecule has 2 aromatic carbocycles. The van der Waals surface area contributed by atoms with Crippen molar-refractivity contribution in [3.8, 4) is 0 Å². The van der Waals surface area contributed by atoms with E-state index in [4.69, 9.17) is 0 Å². The summed E-state index contributed by atoms with van der Waals surface area (Å²) in [5.41, 5.74) is -3.18. The molecule has 1 aliphatic heterocycles. The van der Waals surface area contributed by atoms with Crippen LogP contribution < -0.4 is 0 Å². The zero-order chi connectivity index (χ0) is 19.8. The van der Waals surface area contributed by atoms with E-state index in [0.29, 0.717) is 11.4 Å². The maximum Gasteiger partial charge on any atom is 0.431 e. The Morgan fingerprint density at radius 3 is 2.37 bits per heavy atom. The maximum absolute atomic E-state index is 14.0. The number of hydrogen-bond donors (Lipinski definition) is 1. The largest absolute Gasteiger partial charge is 0.431 e. The summed E-state index contributed by atoms with van der Waals surface area (Å²) in [5.74, 6) is -2.07.